The Hall–Kier alpha value is -0.0800. The molecule has 0 aromatic heterocycles. The molecule has 1 aliphatic heterocycles. The summed E-state index contributed by atoms with van der Waals surface area (Å²) in [7, 11) is 0. The minimum Gasteiger partial charge on any atom is -0.317 e. The minimum atomic E-state index is 0.803. The quantitative estimate of drug-likeness (QED) is 0.652. The van der Waals surface area contributed by atoms with Crippen molar-refractivity contribution in [2.24, 2.45) is 17.8 Å². The third kappa shape index (κ3) is 5.86. The van der Waals surface area contributed by atoms with E-state index in [0.717, 1.165) is 17.8 Å². The van der Waals surface area contributed by atoms with Gasteiger partial charge in [0.2, 0.25) is 0 Å². The van der Waals surface area contributed by atoms with Crippen LogP contribution in [0.25, 0.3) is 0 Å². The second-order valence-corrected chi connectivity index (χ2v) is 5.76. The van der Waals surface area contributed by atoms with E-state index < -0.39 is 0 Å². The predicted octanol–water partition coefficient (Wildman–Crippen LogP) is 2.65. The Labute approximate surface area is 102 Å². The molecule has 2 nitrogen and oxygen atoms in total. The molecule has 2 N–H and O–H groups in total. The molecule has 0 bridgehead atoms. The van der Waals surface area contributed by atoms with Crippen LogP contribution in [-0.4, -0.2) is 26.2 Å². The maximum absolute atomic E-state index is 3.59. The molecule has 0 amide bonds. The summed E-state index contributed by atoms with van der Waals surface area (Å²) in [6.45, 7) is 11.8. The monoisotopic (exact) mass is 226 g/mol. The summed E-state index contributed by atoms with van der Waals surface area (Å²) in [6, 6.07) is 0. The molecule has 1 heterocycles. The fourth-order valence-corrected chi connectivity index (χ4v) is 2.25. The molecule has 0 spiro atoms. The summed E-state index contributed by atoms with van der Waals surface area (Å²) in [5.41, 5.74) is 0. The van der Waals surface area contributed by atoms with Gasteiger partial charge in [-0.3, -0.25) is 0 Å². The molecule has 0 saturated carbocycles. The van der Waals surface area contributed by atoms with Gasteiger partial charge >= 0.3 is 0 Å². The molecule has 0 aromatic rings. The van der Waals surface area contributed by atoms with E-state index in [2.05, 4.69) is 31.4 Å². The largest absolute Gasteiger partial charge is 0.317 e. The summed E-state index contributed by atoms with van der Waals surface area (Å²) in [4.78, 5) is 0. The third-order valence-electron chi connectivity index (χ3n) is 4.03. The van der Waals surface area contributed by atoms with Crippen LogP contribution < -0.4 is 10.6 Å². The maximum atomic E-state index is 3.59. The molecule has 1 aliphatic rings. The fourth-order valence-electron chi connectivity index (χ4n) is 2.25. The van der Waals surface area contributed by atoms with Gasteiger partial charge in [-0.25, -0.2) is 0 Å². The number of rotatable bonds is 7. The first-order valence-electron chi connectivity index (χ1n) is 7.11. The average molecular weight is 226 g/mol. The van der Waals surface area contributed by atoms with Gasteiger partial charge in [-0.15, -0.1) is 0 Å². The predicted molar refractivity (Wildman–Crippen MR) is 71.7 cm³/mol. The van der Waals surface area contributed by atoms with Crippen molar-refractivity contribution in [3.05, 3.63) is 0 Å². The molecule has 0 radical (unpaired) electrons. The van der Waals surface area contributed by atoms with E-state index in [1.807, 2.05) is 0 Å². The second kappa shape index (κ2) is 8.08. The van der Waals surface area contributed by atoms with Gasteiger partial charge in [0.15, 0.2) is 0 Å². The summed E-state index contributed by atoms with van der Waals surface area (Å²) in [6.07, 6.45) is 5.56. The first kappa shape index (κ1) is 14.0. The summed E-state index contributed by atoms with van der Waals surface area (Å²) in [5, 5.41) is 7.02. The Kier molecular flexibility index (Phi) is 7.06. The van der Waals surface area contributed by atoms with Crippen molar-refractivity contribution in [2.45, 2.75) is 46.5 Å². The topological polar surface area (TPSA) is 24.1 Å². The first-order chi connectivity index (χ1) is 7.70. The van der Waals surface area contributed by atoms with E-state index in [4.69, 9.17) is 0 Å². The van der Waals surface area contributed by atoms with Gasteiger partial charge in [0.25, 0.3) is 0 Å². The summed E-state index contributed by atoms with van der Waals surface area (Å²) >= 11 is 0. The van der Waals surface area contributed by atoms with E-state index in [-0.39, 0.29) is 0 Å². The molecule has 1 fully saturated rings. The van der Waals surface area contributed by atoms with E-state index in [1.54, 1.807) is 0 Å². The third-order valence-corrected chi connectivity index (χ3v) is 4.03. The molecule has 1 saturated heterocycles. The molecule has 16 heavy (non-hydrogen) atoms. The fraction of sp³-hybridized carbons (Fsp3) is 1.00. The van der Waals surface area contributed by atoms with E-state index in [1.165, 1.54) is 51.9 Å². The van der Waals surface area contributed by atoms with Gasteiger partial charge in [0, 0.05) is 0 Å². The van der Waals surface area contributed by atoms with Crippen LogP contribution in [0.15, 0.2) is 0 Å². The van der Waals surface area contributed by atoms with Crippen LogP contribution in [0.3, 0.4) is 0 Å². The van der Waals surface area contributed by atoms with Gasteiger partial charge < -0.3 is 10.6 Å². The highest BCUT2D eigenvalue weighted by Crippen LogP contribution is 2.17. The molecule has 2 heteroatoms. The molecule has 1 rings (SSSR count). The van der Waals surface area contributed by atoms with Crippen LogP contribution in [-0.2, 0) is 0 Å². The van der Waals surface area contributed by atoms with E-state index in [0.29, 0.717) is 0 Å². The summed E-state index contributed by atoms with van der Waals surface area (Å²) in [5.74, 6) is 2.60. The maximum Gasteiger partial charge on any atom is -0.00207 e. The van der Waals surface area contributed by atoms with Crippen molar-refractivity contribution in [2.75, 3.05) is 26.2 Å². The highest BCUT2D eigenvalue weighted by atomic mass is 14.9. The van der Waals surface area contributed by atoms with E-state index >= 15 is 0 Å². The Balaban J connectivity index is 1.91. The van der Waals surface area contributed by atoms with Crippen LogP contribution in [0.1, 0.15) is 46.5 Å². The lowest BCUT2D eigenvalue weighted by Gasteiger charge is -2.22. The Morgan fingerprint density at radius 3 is 2.50 bits per heavy atom. The van der Waals surface area contributed by atoms with Crippen molar-refractivity contribution in [3.63, 3.8) is 0 Å². The van der Waals surface area contributed by atoms with E-state index in [9.17, 15) is 0 Å². The van der Waals surface area contributed by atoms with Crippen molar-refractivity contribution in [3.8, 4) is 0 Å². The Morgan fingerprint density at radius 1 is 1.19 bits per heavy atom. The molecule has 96 valence electrons. The van der Waals surface area contributed by atoms with Gasteiger partial charge in [0.05, 0.1) is 0 Å². The van der Waals surface area contributed by atoms with Crippen LogP contribution in [0.2, 0.25) is 0 Å². The normalized spacial score (nSPS) is 20.2. The Morgan fingerprint density at radius 2 is 1.88 bits per heavy atom. The van der Waals surface area contributed by atoms with Gasteiger partial charge in [-0.1, -0.05) is 20.8 Å². The molecule has 0 aromatic carbocycles. The number of nitrogens with one attached hydrogen (secondary N) is 2. The second-order valence-electron chi connectivity index (χ2n) is 5.76. The minimum absolute atomic E-state index is 0.803. The standard InChI is InChI=1S/C14H30N2/c1-12(2)13(3)11-16-8-4-5-14-6-9-15-10-7-14/h12-16H,4-11H2,1-3H3. The highest BCUT2D eigenvalue weighted by Gasteiger charge is 2.12. The number of piperidine rings is 1. The number of hydrogen-bond donors (Lipinski definition) is 2. The van der Waals surface area contributed by atoms with Crippen LogP contribution in [0.4, 0.5) is 0 Å². The summed E-state index contributed by atoms with van der Waals surface area (Å²) < 4.78 is 0. The van der Waals surface area contributed by atoms with Gasteiger partial charge in [-0.2, -0.15) is 0 Å². The zero-order valence-electron chi connectivity index (χ0n) is 11.4. The molecular formula is C14H30N2. The lowest BCUT2D eigenvalue weighted by molar-refractivity contribution is 0.338. The Bertz CT molecular complexity index is 162. The van der Waals surface area contributed by atoms with Gasteiger partial charge in [0.1, 0.15) is 0 Å². The van der Waals surface area contributed by atoms with Crippen LogP contribution >= 0.6 is 0 Å². The van der Waals surface area contributed by atoms with Crippen molar-refractivity contribution in [1.82, 2.24) is 10.6 Å². The van der Waals surface area contributed by atoms with Gasteiger partial charge in [-0.05, 0) is 69.6 Å². The van der Waals surface area contributed by atoms with Crippen molar-refractivity contribution < 1.29 is 0 Å². The number of hydrogen-bond acceptors (Lipinski definition) is 2. The molecule has 1 atom stereocenters. The zero-order valence-corrected chi connectivity index (χ0v) is 11.4. The van der Waals surface area contributed by atoms with Crippen LogP contribution in [0, 0.1) is 17.8 Å². The zero-order chi connectivity index (χ0) is 11.8. The molecular weight excluding hydrogens is 196 g/mol. The van der Waals surface area contributed by atoms with Crippen molar-refractivity contribution in [1.29, 1.82) is 0 Å². The SMILES string of the molecule is CC(C)C(C)CNCCCC1CCNCC1. The molecule has 0 aliphatic carbocycles. The van der Waals surface area contributed by atoms with Crippen molar-refractivity contribution >= 4 is 0 Å². The lowest BCUT2D eigenvalue weighted by atomic mass is 9.93. The lowest BCUT2D eigenvalue weighted by Crippen LogP contribution is -2.29. The average Bonchev–Trinajstić information content (AvgIpc) is 2.29. The smallest absolute Gasteiger partial charge is 0.00207 e. The van der Waals surface area contributed by atoms with Crippen LogP contribution in [0.5, 0.6) is 0 Å². The molecule has 1 unspecified atom stereocenters. The highest BCUT2D eigenvalue weighted by molar-refractivity contribution is 4.69. The first-order valence-corrected chi connectivity index (χ1v) is 7.11.